The molecule has 0 saturated carbocycles. The molecule has 6 nitrogen and oxygen atoms in total. The molecular formula is C34H30BN3O3. The van der Waals surface area contributed by atoms with Crippen LogP contribution in [0, 0.1) is 0 Å². The van der Waals surface area contributed by atoms with Gasteiger partial charge in [-0.25, -0.2) is 15.0 Å². The van der Waals surface area contributed by atoms with Gasteiger partial charge in [-0.2, -0.15) is 0 Å². The minimum atomic E-state index is -0.471. The maximum absolute atomic E-state index is 6.35. The van der Waals surface area contributed by atoms with Gasteiger partial charge in [0.15, 0.2) is 11.6 Å². The maximum Gasteiger partial charge on any atom is 0.494 e. The number of nitrogens with zero attached hydrogens (tertiary/aromatic N) is 3. The van der Waals surface area contributed by atoms with E-state index < -0.39 is 18.3 Å². The molecule has 7 heteroatoms. The van der Waals surface area contributed by atoms with Crippen LogP contribution in [-0.4, -0.2) is 33.3 Å². The summed E-state index contributed by atoms with van der Waals surface area (Å²) in [6.45, 7) is 8.26. The van der Waals surface area contributed by atoms with Gasteiger partial charge in [0, 0.05) is 28.3 Å². The number of benzene rings is 4. The van der Waals surface area contributed by atoms with E-state index in [-0.39, 0.29) is 0 Å². The predicted molar refractivity (Wildman–Crippen MR) is 163 cm³/mol. The zero-order valence-electron chi connectivity index (χ0n) is 23.6. The summed E-state index contributed by atoms with van der Waals surface area (Å²) in [6, 6.07) is 32.4. The van der Waals surface area contributed by atoms with E-state index in [9.17, 15) is 0 Å². The van der Waals surface area contributed by atoms with Gasteiger partial charge in [0.2, 0.25) is 0 Å². The van der Waals surface area contributed by atoms with Crippen molar-refractivity contribution < 1.29 is 13.7 Å². The molecule has 7 rings (SSSR count). The van der Waals surface area contributed by atoms with E-state index in [1.54, 1.807) is 0 Å². The van der Waals surface area contributed by atoms with E-state index in [1.807, 2.05) is 72.8 Å². The fraction of sp³-hybridized carbons (Fsp3) is 0.206. The molecule has 4 aromatic carbocycles. The number of hydrogen-bond acceptors (Lipinski definition) is 6. The van der Waals surface area contributed by atoms with Crippen LogP contribution >= 0.6 is 0 Å². The molecule has 0 spiro atoms. The van der Waals surface area contributed by atoms with Gasteiger partial charge >= 0.3 is 7.12 Å². The number of aromatic nitrogens is 3. The van der Waals surface area contributed by atoms with Crippen molar-refractivity contribution in [2.45, 2.75) is 45.3 Å². The first kappa shape index (κ1) is 25.6. The van der Waals surface area contributed by atoms with Gasteiger partial charge in [-0.05, 0) is 50.9 Å². The zero-order valence-corrected chi connectivity index (χ0v) is 23.6. The first-order chi connectivity index (χ1) is 19.8. The fourth-order valence-electron chi connectivity index (χ4n) is 5.27. The Morgan fingerprint density at radius 1 is 0.659 bits per heavy atom. The van der Waals surface area contributed by atoms with E-state index in [2.05, 4.69) is 52.0 Å². The average Bonchev–Trinajstić information content (AvgIpc) is 3.46. The van der Waals surface area contributed by atoms with Gasteiger partial charge in [-0.1, -0.05) is 84.9 Å². The van der Waals surface area contributed by atoms with Crippen LogP contribution in [0.3, 0.4) is 0 Å². The van der Waals surface area contributed by atoms with E-state index in [0.29, 0.717) is 23.9 Å². The minimum Gasteiger partial charge on any atom is -0.456 e. The summed E-state index contributed by atoms with van der Waals surface area (Å²) in [4.78, 5) is 14.8. The zero-order chi connectivity index (χ0) is 28.2. The van der Waals surface area contributed by atoms with Gasteiger partial charge in [0.25, 0.3) is 0 Å². The average molecular weight is 539 g/mol. The number of rotatable bonds is 5. The molecule has 6 aromatic rings. The summed E-state index contributed by atoms with van der Waals surface area (Å²) in [5.74, 6) is 1.96. The van der Waals surface area contributed by atoms with E-state index in [0.717, 1.165) is 44.1 Å². The van der Waals surface area contributed by atoms with Gasteiger partial charge in [-0.15, -0.1) is 0 Å². The molecule has 0 N–H and O–H groups in total. The molecule has 0 unspecified atom stereocenters. The fourth-order valence-corrected chi connectivity index (χ4v) is 5.27. The molecule has 1 aliphatic rings. The smallest absolute Gasteiger partial charge is 0.456 e. The molecule has 41 heavy (non-hydrogen) atoms. The summed E-state index contributed by atoms with van der Waals surface area (Å²) >= 11 is 0. The summed E-state index contributed by atoms with van der Waals surface area (Å²) in [5, 5.41) is 1.92. The second kappa shape index (κ2) is 9.65. The third-order valence-electron chi connectivity index (χ3n) is 8.20. The lowest BCUT2D eigenvalue weighted by molar-refractivity contribution is 0.00578. The van der Waals surface area contributed by atoms with Crippen LogP contribution in [0.1, 0.15) is 39.1 Å². The number of fused-ring (bicyclic) bond motifs is 3. The Morgan fingerprint density at radius 2 is 1.34 bits per heavy atom. The summed E-state index contributed by atoms with van der Waals surface area (Å²) in [6.07, 6.45) is 0.602. The van der Waals surface area contributed by atoms with E-state index >= 15 is 0 Å². The quantitative estimate of drug-likeness (QED) is 0.220. The second-order valence-corrected chi connectivity index (χ2v) is 11.6. The SMILES string of the molecule is CC1(C)OB(c2ccc3oc4cccc(-c5nc(Cc6ccccc6)nc(-c6ccccc6)n5)c4c3c2)OC1(C)C. The molecular weight excluding hydrogens is 509 g/mol. The first-order valence-electron chi connectivity index (χ1n) is 13.9. The largest absolute Gasteiger partial charge is 0.494 e. The molecule has 3 heterocycles. The molecule has 0 bridgehead atoms. The molecule has 2 aromatic heterocycles. The van der Waals surface area contributed by atoms with Crippen molar-refractivity contribution in [3.8, 4) is 22.8 Å². The molecule has 0 amide bonds. The Balaban J connectivity index is 1.39. The summed E-state index contributed by atoms with van der Waals surface area (Å²) < 4.78 is 19.0. The first-order valence-corrected chi connectivity index (χ1v) is 13.9. The Hall–Kier alpha value is -4.33. The third kappa shape index (κ3) is 4.61. The lowest BCUT2D eigenvalue weighted by Gasteiger charge is -2.32. The standard InChI is InChI=1S/C34H30BN3O3/c1-33(2)34(3,4)41-35(40-33)24-18-19-27-26(21-24)30-25(16-11-17-28(30)39-27)32-37-29(20-22-12-7-5-8-13-22)36-31(38-32)23-14-9-6-10-15-23/h5-19,21H,20H2,1-4H3. The molecule has 202 valence electrons. The van der Waals surface area contributed by atoms with Gasteiger partial charge in [0.05, 0.1) is 11.2 Å². The van der Waals surface area contributed by atoms with Crippen LogP contribution in [-0.2, 0) is 15.7 Å². The van der Waals surface area contributed by atoms with Gasteiger partial charge in [-0.3, -0.25) is 0 Å². The number of hydrogen-bond donors (Lipinski definition) is 0. The third-order valence-corrected chi connectivity index (χ3v) is 8.20. The Bertz CT molecular complexity index is 1870. The van der Waals surface area contributed by atoms with Crippen LogP contribution in [0.2, 0.25) is 0 Å². The van der Waals surface area contributed by atoms with Crippen molar-refractivity contribution in [3.63, 3.8) is 0 Å². The molecule has 1 saturated heterocycles. The van der Waals surface area contributed by atoms with Crippen molar-refractivity contribution in [3.05, 3.63) is 108 Å². The highest BCUT2D eigenvalue weighted by atomic mass is 16.7. The van der Waals surface area contributed by atoms with Crippen LogP contribution in [0.15, 0.2) is 101 Å². The van der Waals surface area contributed by atoms with E-state index in [4.69, 9.17) is 28.7 Å². The van der Waals surface area contributed by atoms with Crippen molar-refractivity contribution in [2.24, 2.45) is 0 Å². The predicted octanol–water partition coefficient (Wildman–Crippen LogP) is 7.00. The molecule has 0 aliphatic carbocycles. The highest BCUT2D eigenvalue weighted by Crippen LogP contribution is 2.38. The Labute approximate surface area is 239 Å². The summed E-state index contributed by atoms with van der Waals surface area (Å²) in [7, 11) is -0.471. The molecule has 1 fully saturated rings. The maximum atomic E-state index is 6.35. The monoisotopic (exact) mass is 539 g/mol. The Kier molecular flexibility index (Phi) is 6.03. The van der Waals surface area contributed by atoms with Crippen LogP contribution in [0.5, 0.6) is 0 Å². The Morgan fingerprint density at radius 3 is 2.07 bits per heavy atom. The second-order valence-electron chi connectivity index (χ2n) is 11.6. The normalized spacial score (nSPS) is 16.0. The molecule has 0 atom stereocenters. The highest BCUT2D eigenvalue weighted by molar-refractivity contribution is 6.62. The van der Waals surface area contributed by atoms with Crippen molar-refractivity contribution in [1.29, 1.82) is 0 Å². The topological polar surface area (TPSA) is 70.3 Å². The van der Waals surface area contributed by atoms with E-state index in [1.165, 1.54) is 0 Å². The lowest BCUT2D eigenvalue weighted by Crippen LogP contribution is -2.41. The molecule has 0 radical (unpaired) electrons. The van der Waals surface area contributed by atoms with Gasteiger partial charge < -0.3 is 13.7 Å². The minimum absolute atomic E-state index is 0.426. The number of furan rings is 1. The lowest BCUT2D eigenvalue weighted by atomic mass is 9.78. The summed E-state index contributed by atoms with van der Waals surface area (Å²) in [5.41, 5.74) is 4.62. The van der Waals surface area contributed by atoms with Crippen LogP contribution in [0.4, 0.5) is 0 Å². The molecule has 1 aliphatic heterocycles. The van der Waals surface area contributed by atoms with Crippen molar-refractivity contribution in [2.75, 3.05) is 0 Å². The van der Waals surface area contributed by atoms with Crippen LogP contribution < -0.4 is 5.46 Å². The van der Waals surface area contributed by atoms with Crippen molar-refractivity contribution >= 4 is 34.5 Å². The van der Waals surface area contributed by atoms with Gasteiger partial charge in [0.1, 0.15) is 17.0 Å². The highest BCUT2D eigenvalue weighted by Gasteiger charge is 2.51. The van der Waals surface area contributed by atoms with Crippen LogP contribution in [0.25, 0.3) is 44.7 Å². The van der Waals surface area contributed by atoms with Crippen molar-refractivity contribution in [1.82, 2.24) is 15.0 Å².